The second kappa shape index (κ2) is 4.49. The van der Waals surface area contributed by atoms with Crippen LogP contribution in [-0.4, -0.2) is 17.4 Å². The maximum absolute atomic E-state index is 12.1. The molecule has 1 fully saturated rings. The van der Waals surface area contributed by atoms with Crippen LogP contribution in [0.15, 0.2) is 30.3 Å². The number of halogens is 1. The summed E-state index contributed by atoms with van der Waals surface area (Å²) in [7, 11) is 0. The van der Waals surface area contributed by atoms with Gasteiger partial charge in [-0.1, -0.05) is 42.8 Å². The average molecular weight is 275 g/mol. The molecule has 0 radical (unpaired) electrons. The van der Waals surface area contributed by atoms with Gasteiger partial charge in [0.15, 0.2) is 0 Å². The molecule has 1 N–H and O–H groups in total. The first-order chi connectivity index (χ1) is 9.07. The Hall–Kier alpha value is -1.61. The second-order valence-corrected chi connectivity index (χ2v) is 5.87. The Labute approximate surface area is 117 Å². The number of amides is 1. The number of nitrogens with zero attached hydrogens (tertiary/aromatic N) is 1. The summed E-state index contributed by atoms with van der Waals surface area (Å²) in [6, 6.07) is 9.44. The Bertz CT molecular complexity index is 650. The van der Waals surface area contributed by atoms with Gasteiger partial charge in [0.25, 0.3) is 5.91 Å². The van der Waals surface area contributed by atoms with E-state index in [2.05, 4.69) is 17.2 Å². The van der Waals surface area contributed by atoms with Crippen molar-refractivity contribution in [1.29, 1.82) is 0 Å². The standard InChI is InChI=1S/C15H15ClN2O/c1-15(6-7-15)9-17-14(19)12-8-10-4-2-3-5-11(10)13(16)18-12/h2-5,8H,6-7,9H2,1H3,(H,17,19). The Kier molecular flexibility index (Phi) is 2.94. The molecule has 1 aromatic heterocycles. The number of fused-ring (bicyclic) bond motifs is 1. The van der Waals surface area contributed by atoms with Crippen molar-refractivity contribution in [3.05, 3.63) is 41.2 Å². The van der Waals surface area contributed by atoms with Crippen LogP contribution in [-0.2, 0) is 0 Å². The van der Waals surface area contributed by atoms with Crippen LogP contribution in [0.4, 0.5) is 0 Å². The monoisotopic (exact) mass is 274 g/mol. The summed E-state index contributed by atoms with van der Waals surface area (Å²) < 4.78 is 0. The molecule has 0 atom stereocenters. The number of rotatable bonds is 3. The molecular formula is C15H15ClN2O. The molecule has 1 heterocycles. The van der Waals surface area contributed by atoms with Gasteiger partial charge in [-0.25, -0.2) is 4.98 Å². The van der Waals surface area contributed by atoms with Gasteiger partial charge in [0, 0.05) is 11.9 Å². The van der Waals surface area contributed by atoms with Gasteiger partial charge in [-0.3, -0.25) is 4.79 Å². The van der Waals surface area contributed by atoms with Crippen molar-refractivity contribution in [2.75, 3.05) is 6.54 Å². The molecule has 3 rings (SSSR count). The van der Waals surface area contributed by atoms with Crippen molar-refractivity contribution in [2.45, 2.75) is 19.8 Å². The quantitative estimate of drug-likeness (QED) is 0.872. The van der Waals surface area contributed by atoms with Gasteiger partial charge in [-0.2, -0.15) is 0 Å². The molecule has 1 amide bonds. The zero-order valence-electron chi connectivity index (χ0n) is 10.7. The molecule has 3 nitrogen and oxygen atoms in total. The van der Waals surface area contributed by atoms with Crippen LogP contribution in [0.3, 0.4) is 0 Å². The van der Waals surface area contributed by atoms with E-state index >= 15 is 0 Å². The zero-order chi connectivity index (χ0) is 13.5. The first-order valence-corrected chi connectivity index (χ1v) is 6.79. The molecule has 0 spiro atoms. The lowest BCUT2D eigenvalue weighted by molar-refractivity contribution is 0.0941. The van der Waals surface area contributed by atoms with E-state index in [9.17, 15) is 4.79 Å². The lowest BCUT2D eigenvalue weighted by Crippen LogP contribution is -2.29. The van der Waals surface area contributed by atoms with Gasteiger partial charge in [0.2, 0.25) is 0 Å². The van der Waals surface area contributed by atoms with Crippen LogP contribution in [0.25, 0.3) is 10.8 Å². The number of nitrogens with one attached hydrogen (secondary N) is 1. The summed E-state index contributed by atoms with van der Waals surface area (Å²) in [6.45, 7) is 2.88. The molecule has 2 aromatic rings. The van der Waals surface area contributed by atoms with Gasteiger partial charge < -0.3 is 5.32 Å². The van der Waals surface area contributed by atoms with Gasteiger partial charge >= 0.3 is 0 Å². The smallest absolute Gasteiger partial charge is 0.269 e. The number of carbonyl (C=O) groups excluding carboxylic acids is 1. The summed E-state index contributed by atoms with van der Waals surface area (Å²) in [5.41, 5.74) is 0.670. The van der Waals surface area contributed by atoms with Crippen molar-refractivity contribution in [3.8, 4) is 0 Å². The fourth-order valence-electron chi connectivity index (χ4n) is 2.05. The summed E-state index contributed by atoms with van der Waals surface area (Å²) in [5.74, 6) is -0.152. The van der Waals surface area contributed by atoms with E-state index in [4.69, 9.17) is 11.6 Å². The third-order valence-electron chi connectivity index (χ3n) is 3.71. The Morgan fingerprint density at radius 2 is 2.16 bits per heavy atom. The molecule has 0 unspecified atom stereocenters. The minimum atomic E-state index is -0.152. The minimum absolute atomic E-state index is 0.152. The molecule has 1 saturated carbocycles. The van der Waals surface area contributed by atoms with Crippen molar-refractivity contribution in [3.63, 3.8) is 0 Å². The van der Waals surface area contributed by atoms with E-state index < -0.39 is 0 Å². The van der Waals surface area contributed by atoms with Gasteiger partial charge in [-0.05, 0) is 29.7 Å². The van der Waals surface area contributed by atoms with E-state index in [0.29, 0.717) is 17.4 Å². The van der Waals surface area contributed by atoms with E-state index in [1.165, 1.54) is 12.8 Å². The molecule has 19 heavy (non-hydrogen) atoms. The first kappa shape index (κ1) is 12.4. The number of pyridine rings is 1. The lowest BCUT2D eigenvalue weighted by Gasteiger charge is -2.10. The molecule has 0 aliphatic heterocycles. The van der Waals surface area contributed by atoms with Gasteiger partial charge in [0.1, 0.15) is 10.8 Å². The van der Waals surface area contributed by atoms with Crippen LogP contribution in [0.5, 0.6) is 0 Å². The van der Waals surface area contributed by atoms with Crippen LogP contribution >= 0.6 is 11.6 Å². The topological polar surface area (TPSA) is 42.0 Å². The van der Waals surface area contributed by atoms with E-state index in [1.807, 2.05) is 24.3 Å². The molecule has 0 saturated heterocycles. The number of carbonyl (C=O) groups is 1. The summed E-state index contributed by atoms with van der Waals surface area (Å²) >= 11 is 6.12. The maximum atomic E-state index is 12.1. The normalized spacial score (nSPS) is 16.3. The van der Waals surface area contributed by atoms with Crippen LogP contribution in [0.2, 0.25) is 5.15 Å². The van der Waals surface area contributed by atoms with Crippen molar-refractivity contribution in [2.24, 2.45) is 5.41 Å². The highest BCUT2D eigenvalue weighted by Crippen LogP contribution is 2.44. The zero-order valence-corrected chi connectivity index (χ0v) is 11.5. The highest BCUT2D eigenvalue weighted by Gasteiger charge is 2.37. The highest BCUT2D eigenvalue weighted by molar-refractivity contribution is 6.34. The number of aromatic nitrogens is 1. The summed E-state index contributed by atoms with van der Waals surface area (Å²) in [4.78, 5) is 16.3. The Morgan fingerprint density at radius 1 is 1.42 bits per heavy atom. The molecule has 1 aromatic carbocycles. The Balaban J connectivity index is 1.85. The molecular weight excluding hydrogens is 260 g/mol. The van der Waals surface area contributed by atoms with E-state index in [0.717, 1.165) is 10.8 Å². The summed E-state index contributed by atoms with van der Waals surface area (Å²) in [6.07, 6.45) is 2.36. The third-order valence-corrected chi connectivity index (χ3v) is 3.99. The van der Waals surface area contributed by atoms with Crippen LogP contribution in [0.1, 0.15) is 30.3 Å². The van der Waals surface area contributed by atoms with E-state index in [1.54, 1.807) is 6.07 Å². The first-order valence-electron chi connectivity index (χ1n) is 6.41. The Morgan fingerprint density at radius 3 is 2.89 bits per heavy atom. The molecule has 98 valence electrons. The maximum Gasteiger partial charge on any atom is 0.269 e. The fourth-order valence-corrected chi connectivity index (χ4v) is 2.31. The van der Waals surface area contributed by atoms with E-state index in [-0.39, 0.29) is 11.3 Å². The largest absolute Gasteiger partial charge is 0.350 e. The fraction of sp³-hybridized carbons (Fsp3) is 0.333. The summed E-state index contributed by atoms with van der Waals surface area (Å²) in [5, 5.41) is 5.11. The predicted molar refractivity (Wildman–Crippen MR) is 76.4 cm³/mol. The van der Waals surface area contributed by atoms with Gasteiger partial charge in [-0.15, -0.1) is 0 Å². The predicted octanol–water partition coefficient (Wildman–Crippen LogP) is 3.42. The molecule has 0 bridgehead atoms. The van der Waals surface area contributed by atoms with Gasteiger partial charge in [0.05, 0.1) is 0 Å². The molecule has 1 aliphatic rings. The third kappa shape index (κ3) is 2.56. The van der Waals surface area contributed by atoms with Crippen LogP contribution < -0.4 is 5.32 Å². The minimum Gasteiger partial charge on any atom is -0.350 e. The molecule has 4 heteroatoms. The SMILES string of the molecule is CC1(CNC(=O)c2cc3ccccc3c(Cl)n2)CC1. The number of hydrogen-bond acceptors (Lipinski definition) is 2. The number of hydrogen-bond donors (Lipinski definition) is 1. The lowest BCUT2D eigenvalue weighted by atomic mass is 10.1. The van der Waals surface area contributed by atoms with Crippen molar-refractivity contribution < 1.29 is 4.79 Å². The molecule has 1 aliphatic carbocycles. The second-order valence-electron chi connectivity index (χ2n) is 5.51. The average Bonchev–Trinajstić information content (AvgIpc) is 3.14. The van der Waals surface area contributed by atoms with Crippen molar-refractivity contribution >= 4 is 28.3 Å². The van der Waals surface area contributed by atoms with Crippen LogP contribution in [0, 0.1) is 5.41 Å². The number of benzene rings is 1. The van der Waals surface area contributed by atoms with Crippen molar-refractivity contribution in [1.82, 2.24) is 10.3 Å². The highest BCUT2D eigenvalue weighted by atomic mass is 35.5.